The number of amides is 1. The van der Waals surface area contributed by atoms with Crippen LogP contribution in [0.5, 0.6) is 0 Å². The number of hydrogen-bond donors (Lipinski definition) is 1. The van der Waals surface area contributed by atoms with Gasteiger partial charge in [0.25, 0.3) is 0 Å². The molecule has 0 fully saturated rings. The molecule has 1 aliphatic rings. The fourth-order valence-corrected chi connectivity index (χ4v) is 4.28. The molecular formula is C21H20FN3OS. The van der Waals surface area contributed by atoms with Gasteiger partial charge in [-0.05, 0) is 48.7 Å². The van der Waals surface area contributed by atoms with Crippen molar-refractivity contribution in [1.82, 2.24) is 9.78 Å². The van der Waals surface area contributed by atoms with E-state index < -0.39 is 0 Å². The van der Waals surface area contributed by atoms with Gasteiger partial charge >= 0.3 is 0 Å². The van der Waals surface area contributed by atoms with Crippen LogP contribution in [-0.2, 0) is 22.7 Å². The molecule has 1 N–H and O–H groups in total. The Hall–Kier alpha value is -2.60. The third-order valence-corrected chi connectivity index (χ3v) is 5.86. The summed E-state index contributed by atoms with van der Waals surface area (Å²) < 4.78 is 14.9. The molecule has 0 unspecified atom stereocenters. The fraction of sp³-hybridized carbons (Fsp3) is 0.238. The Labute approximate surface area is 161 Å². The summed E-state index contributed by atoms with van der Waals surface area (Å²) in [7, 11) is 0. The van der Waals surface area contributed by atoms with Gasteiger partial charge in [-0.1, -0.05) is 24.3 Å². The molecule has 0 aliphatic carbocycles. The quantitative estimate of drug-likeness (QED) is 0.721. The van der Waals surface area contributed by atoms with Crippen molar-refractivity contribution >= 4 is 23.5 Å². The highest BCUT2D eigenvalue weighted by Gasteiger charge is 2.25. The van der Waals surface area contributed by atoms with E-state index in [9.17, 15) is 9.18 Å². The Kier molecular flexibility index (Phi) is 4.74. The molecule has 1 aromatic heterocycles. The van der Waals surface area contributed by atoms with Crippen LogP contribution in [0.1, 0.15) is 27.9 Å². The number of aromatic nitrogens is 2. The minimum atomic E-state index is -0.304. The van der Waals surface area contributed by atoms with Gasteiger partial charge in [0, 0.05) is 17.1 Å². The lowest BCUT2D eigenvalue weighted by molar-refractivity contribution is -0.115. The van der Waals surface area contributed by atoms with Crippen molar-refractivity contribution in [3.05, 3.63) is 76.2 Å². The summed E-state index contributed by atoms with van der Waals surface area (Å²) in [6.45, 7) is 4.13. The lowest BCUT2D eigenvalue weighted by Gasteiger charge is -2.14. The van der Waals surface area contributed by atoms with Crippen molar-refractivity contribution in [2.75, 3.05) is 5.32 Å². The molecule has 27 heavy (non-hydrogen) atoms. The van der Waals surface area contributed by atoms with Crippen LogP contribution in [0.25, 0.3) is 5.69 Å². The molecule has 0 saturated heterocycles. The maximum Gasteiger partial charge on any atom is 0.229 e. The SMILES string of the molecule is Cc1cccc(-n2nc3c(c2NC(=O)Cc2ccc(F)cc2)CSC3)c1C. The second-order valence-electron chi connectivity index (χ2n) is 6.75. The zero-order valence-corrected chi connectivity index (χ0v) is 16.1. The molecule has 0 radical (unpaired) electrons. The van der Waals surface area contributed by atoms with Gasteiger partial charge in [-0.15, -0.1) is 0 Å². The highest BCUT2D eigenvalue weighted by atomic mass is 32.2. The largest absolute Gasteiger partial charge is 0.310 e. The average molecular weight is 381 g/mol. The molecular weight excluding hydrogens is 361 g/mol. The number of rotatable bonds is 4. The maximum atomic E-state index is 13.1. The highest BCUT2D eigenvalue weighted by Crippen LogP contribution is 2.36. The van der Waals surface area contributed by atoms with Crippen molar-refractivity contribution in [3.8, 4) is 5.69 Å². The van der Waals surface area contributed by atoms with Crippen molar-refractivity contribution in [3.63, 3.8) is 0 Å². The molecule has 1 amide bonds. The Balaban J connectivity index is 1.66. The van der Waals surface area contributed by atoms with Crippen LogP contribution in [0.4, 0.5) is 10.2 Å². The summed E-state index contributed by atoms with van der Waals surface area (Å²) in [5.41, 5.74) is 6.19. The van der Waals surface area contributed by atoms with Gasteiger partial charge < -0.3 is 5.32 Å². The minimum Gasteiger partial charge on any atom is -0.310 e. The molecule has 4 rings (SSSR count). The minimum absolute atomic E-state index is 0.132. The molecule has 0 saturated carbocycles. The lowest BCUT2D eigenvalue weighted by Crippen LogP contribution is -2.18. The van der Waals surface area contributed by atoms with E-state index in [1.807, 2.05) is 16.8 Å². The van der Waals surface area contributed by atoms with Crippen LogP contribution < -0.4 is 5.32 Å². The molecule has 3 aromatic rings. The van der Waals surface area contributed by atoms with E-state index in [1.165, 1.54) is 17.7 Å². The topological polar surface area (TPSA) is 46.9 Å². The third-order valence-electron chi connectivity index (χ3n) is 4.89. The van der Waals surface area contributed by atoms with Crippen LogP contribution in [0.2, 0.25) is 0 Å². The summed E-state index contributed by atoms with van der Waals surface area (Å²) in [4.78, 5) is 12.6. The first-order valence-corrected chi connectivity index (χ1v) is 9.98. The van der Waals surface area contributed by atoms with E-state index in [4.69, 9.17) is 5.10 Å². The molecule has 0 atom stereocenters. The molecule has 6 heteroatoms. The molecule has 0 spiro atoms. The Bertz CT molecular complexity index is 1010. The smallest absolute Gasteiger partial charge is 0.229 e. The van der Waals surface area contributed by atoms with Crippen molar-refractivity contribution in [1.29, 1.82) is 0 Å². The molecule has 138 valence electrons. The predicted molar refractivity (Wildman–Crippen MR) is 107 cm³/mol. The van der Waals surface area contributed by atoms with Gasteiger partial charge in [-0.25, -0.2) is 9.07 Å². The number of benzene rings is 2. The van der Waals surface area contributed by atoms with Gasteiger partial charge in [0.05, 0.1) is 17.8 Å². The summed E-state index contributed by atoms with van der Waals surface area (Å²) >= 11 is 1.80. The van der Waals surface area contributed by atoms with Crippen molar-refractivity contribution in [2.24, 2.45) is 0 Å². The molecule has 2 aromatic carbocycles. The Morgan fingerprint density at radius 1 is 1.19 bits per heavy atom. The second kappa shape index (κ2) is 7.19. The fourth-order valence-electron chi connectivity index (χ4n) is 3.24. The van der Waals surface area contributed by atoms with Crippen molar-refractivity contribution in [2.45, 2.75) is 31.8 Å². The summed E-state index contributed by atoms with van der Waals surface area (Å²) in [5.74, 6) is 2.01. The number of nitrogens with zero attached hydrogens (tertiary/aromatic N) is 2. The van der Waals surface area contributed by atoms with E-state index in [-0.39, 0.29) is 18.1 Å². The van der Waals surface area contributed by atoms with E-state index in [1.54, 1.807) is 23.9 Å². The van der Waals surface area contributed by atoms with Crippen LogP contribution in [0, 0.1) is 19.7 Å². The summed E-state index contributed by atoms with van der Waals surface area (Å²) in [6.07, 6.45) is 0.195. The highest BCUT2D eigenvalue weighted by molar-refractivity contribution is 7.98. The van der Waals surface area contributed by atoms with Crippen molar-refractivity contribution < 1.29 is 9.18 Å². The van der Waals surface area contributed by atoms with Crippen LogP contribution in [0.3, 0.4) is 0 Å². The second-order valence-corrected chi connectivity index (χ2v) is 7.73. The summed E-state index contributed by atoms with van der Waals surface area (Å²) in [6, 6.07) is 12.1. The van der Waals surface area contributed by atoms with E-state index >= 15 is 0 Å². The van der Waals surface area contributed by atoms with E-state index in [0.29, 0.717) is 0 Å². The van der Waals surface area contributed by atoms with Gasteiger partial charge in [0.15, 0.2) is 0 Å². The Morgan fingerprint density at radius 2 is 1.96 bits per heavy atom. The maximum absolute atomic E-state index is 13.1. The van der Waals surface area contributed by atoms with Gasteiger partial charge in [-0.2, -0.15) is 16.9 Å². The third kappa shape index (κ3) is 3.49. The standard InChI is InChI=1S/C21H20FN3OS/c1-13-4-3-5-19(14(13)2)25-21(17-11-27-12-18(17)24-25)23-20(26)10-15-6-8-16(22)9-7-15/h3-9H,10-12H2,1-2H3,(H,23,26). The normalized spacial score (nSPS) is 12.9. The zero-order chi connectivity index (χ0) is 19.0. The molecule has 2 heterocycles. The number of carbonyl (C=O) groups is 1. The number of nitrogens with one attached hydrogen (secondary N) is 1. The Morgan fingerprint density at radius 3 is 2.74 bits per heavy atom. The summed E-state index contributed by atoms with van der Waals surface area (Å²) in [5, 5.41) is 7.82. The van der Waals surface area contributed by atoms with Crippen LogP contribution >= 0.6 is 11.8 Å². The number of anilines is 1. The van der Waals surface area contributed by atoms with Gasteiger partial charge in [0.2, 0.25) is 5.91 Å². The van der Waals surface area contributed by atoms with E-state index in [0.717, 1.165) is 45.4 Å². The average Bonchev–Trinajstić information content (AvgIpc) is 3.22. The first-order chi connectivity index (χ1) is 13.0. The predicted octanol–water partition coefficient (Wildman–Crippen LogP) is 4.56. The first kappa shape index (κ1) is 17.8. The van der Waals surface area contributed by atoms with Crippen LogP contribution in [0.15, 0.2) is 42.5 Å². The number of hydrogen-bond acceptors (Lipinski definition) is 3. The molecule has 4 nitrogen and oxygen atoms in total. The van der Waals surface area contributed by atoms with Crippen LogP contribution in [-0.4, -0.2) is 15.7 Å². The zero-order valence-electron chi connectivity index (χ0n) is 15.3. The van der Waals surface area contributed by atoms with E-state index in [2.05, 4.69) is 25.2 Å². The molecule has 0 bridgehead atoms. The number of aryl methyl sites for hydroxylation is 1. The number of thioether (sulfide) groups is 1. The number of halogens is 1. The lowest BCUT2D eigenvalue weighted by atomic mass is 10.1. The first-order valence-electron chi connectivity index (χ1n) is 8.82. The monoisotopic (exact) mass is 381 g/mol. The number of fused-ring (bicyclic) bond motifs is 1. The number of carbonyl (C=O) groups excluding carboxylic acids is 1. The van der Waals surface area contributed by atoms with Gasteiger partial charge in [0.1, 0.15) is 11.6 Å². The van der Waals surface area contributed by atoms with Gasteiger partial charge in [-0.3, -0.25) is 4.79 Å². The molecule has 1 aliphatic heterocycles.